The van der Waals surface area contributed by atoms with Gasteiger partial charge in [-0.05, 0) is 38.1 Å². The minimum Gasteiger partial charge on any atom is -0.383 e. The molecule has 0 aliphatic rings. The molecule has 1 N–H and O–H groups in total. The molecule has 0 atom stereocenters. The molecule has 0 bridgehead atoms. The zero-order chi connectivity index (χ0) is 15.6. The molecule has 1 aromatic carbocycles. The average Bonchev–Trinajstić information content (AvgIpc) is 2.26. The predicted molar refractivity (Wildman–Crippen MR) is 71.0 cm³/mol. The van der Waals surface area contributed by atoms with Crippen LogP contribution in [0, 0.1) is 0 Å². The number of hydrogen-bond acceptors (Lipinski definition) is 5. The summed E-state index contributed by atoms with van der Waals surface area (Å²) in [6.45, 7) is 3.42. The number of nitrogens with one attached hydrogen (secondary N) is 1. The van der Waals surface area contributed by atoms with E-state index in [2.05, 4.69) is 4.72 Å². The molecular formula is C11H16FNO5S2. The molecule has 0 aliphatic carbocycles. The van der Waals surface area contributed by atoms with Crippen molar-refractivity contribution in [3.63, 3.8) is 0 Å². The van der Waals surface area contributed by atoms with Crippen LogP contribution in [0.1, 0.15) is 13.8 Å². The van der Waals surface area contributed by atoms with E-state index in [-0.39, 0.29) is 11.5 Å². The van der Waals surface area contributed by atoms with Crippen molar-refractivity contribution in [3.05, 3.63) is 24.3 Å². The Morgan fingerprint density at radius 3 is 1.95 bits per heavy atom. The van der Waals surface area contributed by atoms with Crippen LogP contribution in [-0.4, -0.2) is 36.1 Å². The molecule has 0 radical (unpaired) electrons. The van der Waals surface area contributed by atoms with Gasteiger partial charge in [0, 0.05) is 7.11 Å². The van der Waals surface area contributed by atoms with Crippen molar-refractivity contribution >= 4 is 20.2 Å². The van der Waals surface area contributed by atoms with E-state index in [4.69, 9.17) is 4.74 Å². The highest BCUT2D eigenvalue weighted by molar-refractivity contribution is 7.89. The first kappa shape index (κ1) is 17.0. The lowest BCUT2D eigenvalue weighted by Crippen LogP contribution is -2.46. The van der Waals surface area contributed by atoms with Crippen LogP contribution in [-0.2, 0) is 25.0 Å². The minimum absolute atomic E-state index is 0.156. The topological polar surface area (TPSA) is 89.5 Å². The van der Waals surface area contributed by atoms with E-state index in [1.807, 2.05) is 0 Å². The van der Waals surface area contributed by atoms with Gasteiger partial charge in [0.05, 0.1) is 21.9 Å². The Bertz CT molecular complexity index is 665. The van der Waals surface area contributed by atoms with Crippen LogP contribution < -0.4 is 4.72 Å². The molecule has 0 aliphatic heterocycles. The maximum absolute atomic E-state index is 12.7. The van der Waals surface area contributed by atoms with E-state index < -0.39 is 30.7 Å². The van der Waals surface area contributed by atoms with Gasteiger partial charge in [0.15, 0.2) is 0 Å². The molecule has 114 valence electrons. The van der Waals surface area contributed by atoms with Gasteiger partial charge in [-0.3, -0.25) is 0 Å². The summed E-state index contributed by atoms with van der Waals surface area (Å²) in [5.41, 5.74) is -0.835. The Labute approximate surface area is 118 Å². The van der Waals surface area contributed by atoms with E-state index in [9.17, 15) is 20.7 Å². The van der Waals surface area contributed by atoms with E-state index in [0.717, 1.165) is 24.3 Å². The highest BCUT2D eigenvalue weighted by Gasteiger charge is 2.26. The van der Waals surface area contributed by atoms with Gasteiger partial charge in [0.2, 0.25) is 10.0 Å². The number of benzene rings is 1. The predicted octanol–water partition coefficient (Wildman–Crippen LogP) is 1.05. The number of halogens is 1. The number of rotatable bonds is 6. The second kappa shape index (κ2) is 5.76. The van der Waals surface area contributed by atoms with Crippen LogP contribution in [0.5, 0.6) is 0 Å². The van der Waals surface area contributed by atoms with Crippen molar-refractivity contribution < 1.29 is 25.5 Å². The van der Waals surface area contributed by atoms with Crippen molar-refractivity contribution in [3.8, 4) is 0 Å². The second-order valence-electron chi connectivity index (χ2n) is 4.83. The normalized spacial score (nSPS) is 13.4. The molecule has 0 heterocycles. The first-order chi connectivity index (χ1) is 8.98. The van der Waals surface area contributed by atoms with Crippen LogP contribution >= 0.6 is 0 Å². The van der Waals surface area contributed by atoms with Crippen LogP contribution in [0.2, 0.25) is 0 Å². The Morgan fingerprint density at radius 2 is 1.55 bits per heavy atom. The van der Waals surface area contributed by atoms with Gasteiger partial charge < -0.3 is 4.74 Å². The zero-order valence-corrected chi connectivity index (χ0v) is 12.9. The zero-order valence-electron chi connectivity index (χ0n) is 11.3. The summed E-state index contributed by atoms with van der Waals surface area (Å²) in [5, 5.41) is 0. The molecule has 0 spiro atoms. The fourth-order valence-corrected chi connectivity index (χ4v) is 3.45. The number of methoxy groups -OCH3 is 1. The summed E-state index contributed by atoms with van der Waals surface area (Å²) in [6, 6.07) is 3.84. The lowest BCUT2D eigenvalue weighted by Gasteiger charge is -2.24. The van der Waals surface area contributed by atoms with Crippen LogP contribution in [0.25, 0.3) is 0 Å². The molecule has 9 heteroatoms. The summed E-state index contributed by atoms with van der Waals surface area (Å²) < 4.78 is 65.5. The van der Waals surface area contributed by atoms with Gasteiger partial charge in [0.1, 0.15) is 0 Å². The van der Waals surface area contributed by atoms with Crippen LogP contribution in [0.4, 0.5) is 3.89 Å². The van der Waals surface area contributed by atoms with Gasteiger partial charge in [-0.1, -0.05) is 0 Å². The van der Waals surface area contributed by atoms with Gasteiger partial charge in [-0.15, -0.1) is 3.89 Å². The lowest BCUT2D eigenvalue weighted by atomic mass is 10.1. The summed E-state index contributed by atoms with van der Waals surface area (Å²) in [7, 11) is -7.25. The summed E-state index contributed by atoms with van der Waals surface area (Å²) in [6.07, 6.45) is 0. The number of hydrogen-bond donors (Lipinski definition) is 1. The van der Waals surface area contributed by atoms with Gasteiger partial charge in [0.25, 0.3) is 0 Å². The van der Waals surface area contributed by atoms with Crippen LogP contribution in [0.15, 0.2) is 34.1 Å². The van der Waals surface area contributed by atoms with E-state index in [1.54, 1.807) is 13.8 Å². The van der Waals surface area contributed by atoms with E-state index in [1.165, 1.54) is 7.11 Å². The smallest absolute Gasteiger partial charge is 0.332 e. The SMILES string of the molecule is COCC(C)(C)NS(=O)(=O)c1ccc(S(=O)(=O)F)cc1. The lowest BCUT2D eigenvalue weighted by molar-refractivity contribution is 0.141. The number of ether oxygens (including phenoxy) is 1. The van der Waals surface area contributed by atoms with Gasteiger partial charge >= 0.3 is 10.2 Å². The largest absolute Gasteiger partial charge is 0.383 e. The molecule has 0 unspecified atom stereocenters. The highest BCUT2D eigenvalue weighted by Crippen LogP contribution is 2.17. The maximum Gasteiger partial charge on any atom is 0.332 e. The summed E-state index contributed by atoms with van der Waals surface area (Å²) >= 11 is 0. The van der Waals surface area contributed by atoms with Crippen molar-refractivity contribution in [2.75, 3.05) is 13.7 Å². The summed E-state index contributed by atoms with van der Waals surface area (Å²) in [5.74, 6) is 0. The Balaban J connectivity index is 3.06. The molecule has 1 aromatic rings. The molecule has 0 saturated carbocycles. The van der Waals surface area contributed by atoms with Gasteiger partial charge in [-0.25, -0.2) is 13.1 Å². The van der Waals surface area contributed by atoms with E-state index in [0.29, 0.717) is 0 Å². The standard InChI is InChI=1S/C11H16FNO5S2/c1-11(2,8-18-3)13-20(16,17)10-6-4-9(5-7-10)19(12,14)15/h4-7,13H,8H2,1-3H3. The molecule has 1 rings (SSSR count). The monoisotopic (exact) mass is 325 g/mol. The average molecular weight is 325 g/mol. The molecule has 0 saturated heterocycles. The highest BCUT2D eigenvalue weighted by atomic mass is 32.3. The Morgan fingerprint density at radius 1 is 1.10 bits per heavy atom. The van der Waals surface area contributed by atoms with Crippen molar-refractivity contribution in [1.82, 2.24) is 4.72 Å². The third-order valence-electron chi connectivity index (χ3n) is 2.33. The molecule has 0 amide bonds. The second-order valence-corrected chi connectivity index (χ2v) is 7.86. The third-order valence-corrected chi connectivity index (χ3v) is 4.88. The van der Waals surface area contributed by atoms with Crippen molar-refractivity contribution in [2.45, 2.75) is 29.2 Å². The minimum atomic E-state index is -4.84. The first-order valence-corrected chi connectivity index (χ1v) is 8.42. The molecule has 6 nitrogen and oxygen atoms in total. The molecule has 0 aromatic heterocycles. The molecule has 20 heavy (non-hydrogen) atoms. The van der Waals surface area contributed by atoms with E-state index >= 15 is 0 Å². The molecular weight excluding hydrogens is 309 g/mol. The third kappa shape index (κ3) is 4.51. The molecule has 0 fully saturated rings. The van der Waals surface area contributed by atoms with Crippen LogP contribution in [0.3, 0.4) is 0 Å². The fraction of sp³-hybridized carbons (Fsp3) is 0.455. The van der Waals surface area contributed by atoms with Gasteiger partial charge in [-0.2, -0.15) is 8.42 Å². The Hall–Kier alpha value is -1.03. The van der Waals surface area contributed by atoms with Crippen molar-refractivity contribution in [1.29, 1.82) is 0 Å². The maximum atomic E-state index is 12.7. The Kier molecular flexibility index (Phi) is 4.90. The number of sulfonamides is 1. The first-order valence-electron chi connectivity index (χ1n) is 5.56. The quantitative estimate of drug-likeness (QED) is 0.790. The fourth-order valence-electron chi connectivity index (χ4n) is 1.59. The van der Waals surface area contributed by atoms with Crippen molar-refractivity contribution in [2.24, 2.45) is 0 Å². The summed E-state index contributed by atoms with van der Waals surface area (Å²) in [4.78, 5) is -0.748.